The first kappa shape index (κ1) is 13.2. The lowest BCUT2D eigenvalue weighted by molar-refractivity contribution is 0.416. The van der Waals surface area contributed by atoms with Gasteiger partial charge >= 0.3 is 0 Å². The maximum absolute atomic E-state index is 5.42. The molecule has 1 aliphatic carbocycles. The third-order valence-electron chi connectivity index (χ3n) is 4.09. The van der Waals surface area contributed by atoms with Gasteiger partial charge in [0.05, 0.1) is 12.7 Å². The molecule has 0 aliphatic heterocycles. The van der Waals surface area contributed by atoms with Crippen molar-refractivity contribution in [1.29, 1.82) is 0 Å². The third kappa shape index (κ3) is 2.55. The molecule has 0 unspecified atom stereocenters. The van der Waals surface area contributed by atoms with E-state index in [1.54, 1.807) is 7.11 Å². The van der Waals surface area contributed by atoms with Crippen molar-refractivity contribution in [3.63, 3.8) is 0 Å². The molecule has 0 radical (unpaired) electrons. The van der Waals surface area contributed by atoms with Crippen LogP contribution in [0, 0.1) is 6.92 Å². The number of nitrogens with one attached hydrogen (secondary N) is 1. The number of benzene rings is 1. The highest BCUT2D eigenvalue weighted by atomic mass is 16.5. The normalized spacial score (nSPS) is 16.3. The molecule has 1 aliphatic rings. The van der Waals surface area contributed by atoms with Crippen LogP contribution in [-0.4, -0.2) is 22.3 Å². The quantitative estimate of drug-likeness (QED) is 0.922. The smallest absolute Gasteiger partial charge is 0.184 e. The minimum atomic E-state index is 0.542. The van der Waals surface area contributed by atoms with Crippen LogP contribution >= 0.6 is 0 Å². The molecule has 2 aromatic rings. The summed E-state index contributed by atoms with van der Waals surface area (Å²) in [6, 6.07) is 6.09. The number of H-pyrrole nitrogens is 1. The standard InChI is InChI=1S/C16H21N3O/c1-11-8-9-14(20-2)13(10-11)16-17-15(18-19-16)12-6-4-3-5-7-12/h8-10,12H,3-7H2,1-2H3,(H,17,18,19). The van der Waals surface area contributed by atoms with Crippen LogP contribution < -0.4 is 4.74 Å². The second kappa shape index (κ2) is 5.65. The van der Waals surface area contributed by atoms with E-state index in [-0.39, 0.29) is 0 Å². The Morgan fingerprint density at radius 2 is 2.00 bits per heavy atom. The first-order chi connectivity index (χ1) is 9.78. The van der Waals surface area contributed by atoms with E-state index in [0.717, 1.165) is 23.0 Å². The molecule has 3 rings (SSSR count). The second-order valence-electron chi connectivity index (χ2n) is 5.58. The average Bonchev–Trinajstić information content (AvgIpc) is 2.98. The molecule has 4 heteroatoms. The highest BCUT2D eigenvalue weighted by Gasteiger charge is 2.20. The number of hydrogen-bond donors (Lipinski definition) is 1. The highest BCUT2D eigenvalue weighted by Crippen LogP contribution is 2.33. The summed E-state index contributed by atoms with van der Waals surface area (Å²) < 4.78 is 5.42. The Hall–Kier alpha value is -1.84. The van der Waals surface area contributed by atoms with Crippen molar-refractivity contribution in [2.75, 3.05) is 7.11 Å². The first-order valence-electron chi connectivity index (χ1n) is 7.35. The van der Waals surface area contributed by atoms with E-state index in [0.29, 0.717) is 5.92 Å². The fraction of sp³-hybridized carbons (Fsp3) is 0.500. The molecule has 4 nitrogen and oxygen atoms in total. The number of aromatic amines is 1. The molecular formula is C16H21N3O. The molecule has 1 aromatic carbocycles. The Morgan fingerprint density at radius 3 is 2.75 bits per heavy atom. The van der Waals surface area contributed by atoms with Crippen molar-refractivity contribution in [3.05, 3.63) is 29.6 Å². The van der Waals surface area contributed by atoms with Gasteiger partial charge < -0.3 is 4.74 Å². The molecule has 0 spiro atoms. The Balaban J connectivity index is 1.91. The number of ether oxygens (including phenoxy) is 1. The number of nitrogens with zero attached hydrogens (tertiary/aromatic N) is 2. The van der Waals surface area contributed by atoms with Gasteiger partial charge in [-0.2, -0.15) is 5.10 Å². The Bertz CT molecular complexity index is 585. The molecule has 0 bridgehead atoms. The molecule has 1 heterocycles. The lowest BCUT2D eigenvalue weighted by Gasteiger charge is -2.18. The van der Waals surface area contributed by atoms with Gasteiger partial charge in [0.25, 0.3) is 0 Å². The van der Waals surface area contributed by atoms with Gasteiger partial charge in [0.2, 0.25) is 0 Å². The number of aryl methyl sites for hydroxylation is 1. The summed E-state index contributed by atoms with van der Waals surface area (Å²) >= 11 is 0. The molecule has 1 N–H and O–H groups in total. The zero-order chi connectivity index (χ0) is 13.9. The summed E-state index contributed by atoms with van der Waals surface area (Å²) in [5, 5.41) is 7.52. The van der Waals surface area contributed by atoms with Gasteiger partial charge in [-0.25, -0.2) is 4.98 Å². The predicted octanol–water partition coefficient (Wildman–Crippen LogP) is 3.84. The van der Waals surface area contributed by atoms with Gasteiger partial charge in [0.15, 0.2) is 5.82 Å². The summed E-state index contributed by atoms with van der Waals surface area (Å²) in [5.74, 6) is 3.14. The summed E-state index contributed by atoms with van der Waals surface area (Å²) in [5.41, 5.74) is 2.15. The van der Waals surface area contributed by atoms with E-state index in [1.165, 1.54) is 37.7 Å². The van der Waals surface area contributed by atoms with E-state index < -0.39 is 0 Å². The summed E-state index contributed by atoms with van der Waals surface area (Å²) in [6.07, 6.45) is 6.39. The molecule has 20 heavy (non-hydrogen) atoms. The zero-order valence-electron chi connectivity index (χ0n) is 12.1. The van der Waals surface area contributed by atoms with Crippen molar-refractivity contribution in [2.45, 2.75) is 44.9 Å². The van der Waals surface area contributed by atoms with Crippen molar-refractivity contribution >= 4 is 0 Å². The lowest BCUT2D eigenvalue weighted by Crippen LogP contribution is -2.06. The Morgan fingerprint density at radius 1 is 1.20 bits per heavy atom. The molecule has 0 atom stereocenters. The summed E-state index contributed by atoms with van der Waals surface area (Å²) in [6.45, 7) is 2.07. The minimum Gasteiger partial charge on any atom is -0.496 e. The molecule has 106 valence electrons. The average molecular weight is 271 g/mol. The van der Waals surface area contributed by atoms with Crippen molar-refractivity contribution in [1.82, 2.24) is 15.2 Å². The molecule has 1 fully saturated rings. The van der Waals surface area contributed by atoms with Gasteiger partial charge in [0.1, 0.15) is 11.6 Å². The van der Waals surface area contributed by atoms with Crippen LogP contribution in [0.15, 0.2) is 18.2 Å². The number of hydrogen-bond acceptors (Lipinski definition) is 3. The molecule has 0 amide bonds. The van der Waals surface area contributed by atoms with Gasteiger partial charge in [-0.1, -0.05) is 30.9 Å². The SMILES string of the molecule is COc1ccc(C)cc1-c1n[nH]c(C2CCCCC2)n1. The van der Waals surface area contributed by atoms with Gasteiger partial charge in [-0.3, -0.25) is 5.10 Å². The highest BCUT2D eigenvalue weighted by molar-refractivity contribution is 5.64. The van der Waals surface area contributed by atoms with Crippen LogP contribution in [-0.2, 0) is 0 Å². The van der Waals surface area contributed by atoms with Gasteiger partial charge in [-0.05, 0) is 31.9 Å². The largest absolute Gasteiger partial charge is 0.496 e. The van der Waals surface area contributed by atoms with Crippen molar-refractivity contribution in [3.8, 4) is 17.1 Å². The maximum Gasteiger partial charge on any atom is 0.184 e. The monoisotopic (exact) mass is 271 g/mol. The van der Waals surface area contributed by atoms with Crippen LogP contribution in [0.5, 0.6) is 5.75 Å². The fourth-order valence-electron chi connectivity index (χ4n) is 2.95. The number of methoxy groups -OCH3 is 1. The molecule has 1 aromatic heterocycles. The van der Waals surface area contributed by atoms with Gasteiger partial charge in [-0.15, -0.1) is 0 Å². The summed E-state index contributed by atoms with van der Waals surface area (Å²) in [4.78, 5) is 4.71. The number of aromatic nitrogens is 3. The van der Waals surface area contributed by atoms with Crippen LogP contribution in [0.1, 0.15) is 49.4 Å². The third-order valence-corrected chi connectivity index (χ3v) is 4.09. The van der Waals surface area contributed by atoms with Crippen molar-refractivity contribution in [2.24, 2.45) is 0 Å². The van der Waals surface area contributed by atoms with E-state index in [9.17, 15) is 0 Å². The van der Waals surface area contributed by atoms with Gasteiger partial charge in [0, 0.05) is 5.92 Å². The van der Waals surface area contributed by atoms with Crippen LogP contribution in [0.2, 0.25) is 0 Å². The second-order valence-corrected chi connectivity index (χ2v) is 5.58. The minimum absolute atomic E-state index is 0.542. The van der Waals surface area contributed by atoms with Crippen LogP contribution in [0.25, 0.3) is 11.4 Å². The predicted molar refractivity (Wildman–Crippen MR) is 78.9 cm³/mol. The molecular weight excluding hydrogens is 250 g/mol. The Kier molecular flexibility index (Phi) is 3.72. The molecule has 0 saturated heterocycles. The van der Waals surface area contributed by atoms with Crippen LogP contribution in [0.4, 0.5) is 0 Å². The van der Waals surface area contributed by atoms with Crippen LogP contribution in [0.3, 0.4) is 0 Å². The van der Waals surface area contributed by atoms with E-state index in [2.05, 4.69) is 23.2 Å². The fourth-order valence-corrected chi connectivity index (χ4v) is 2.95. The maximum atomic E-state index is 5.42. The zero-order valence-corrected chi connectivity index (χ0v) is 12.1. The van der Waals surface area contributed by atoms with E-state index in [4.69, 9.17) is 9.72 Å². The van der Waals surface area contributed by atoms with E-state index in [1.807, 2.05) is 12.1 Å². The van der Waals surface area contributed by atoms with Crippen molar-refractivity contribution < 1.29 is 4.74 Å². The van der Waals surface area contributed by atoms with E-state index >= 15 is 0 Å². The summed E-state index contributed by atoms with van der Waals surface area (Å²) in [7, 11) is 1.68. The Labute approximate surface area is 119 Å². The molecule has 1 saturated carbocycles. The topological polar surface area (TPSA) is 50.8 Å². The lowest BCUT2D eigenvalue weighted by atomic mass is 9.89. The first-order valence-corrected chi connectivity index (χ1v) is 7.35. The number of rotatable bonds is 3.